The maximum Gasteiger partial charge on any atom is 0.0601 e. The minimum absolute atomic E-state index is 0.242. The lowest BCUT2D eigenvalue weighted by Crippen LogP contribution is -2.36. The summed E-state index contributed by atoms with van der Waals surface area (Å²) >= 11 is 0. The van der Waals surface area contributed by atoms with Crippen LogP contribution in [0.15, 0.2) is 128 Å². The largest absolute Gasteiger partial charge is 0.388 e. The number of rotatable bonds is 13. The van der Waals surface area contributed by atoms with Crippen molar-refractivity contribution in [2.24, 2.45) is 0 Å². The lowest BCUT2D eigenvalue weighted by molar-refractivity contribution is 0.490. The Morgan fingerprint density at radius 3 is 2.08 bits per heavy atom. The zero-order valence-electron chi connectivity index (χ0n) is 21.7. The molecular formula is C35H39N. The summed E-state index contributed by atoms with van der Waals surface area (Å²) in [6.07, 6.45) is 12.8. The number of allylic oxidation sites excluding steroid dienone is 5. The zero-order valence-corrected chi connectivity index (χ0v) is 21.7. The Morgan fingerprint density at radius 2 is 1.42 bits per heavy atom. The topological polar surface area (TPSA) is 12.0 Å². The molecule has 1 aliphatic carbocycles. The minimum Gasteiger partial charge on any atom is -0.388 e. The molecule has 3 aromatic carbocycles. The smallest absolute Gasteiger partial charge is 0.0601 e. The molecule has 0 radical (unpaired) electrons. The van der Waals surface area contributed by atoms with Crippen LogP contribution < -0.4 is 5.32 Å². The summed E-state index contributed by atoms with van der Waals surface area (Å²) in [7, 11) is 0. The van der Waals surface area contributed by atoms with E-state index in [1.54, 1.807) is 0 Å². The van der Waals surface area contributed by atoms with E-state index in [0.717, 1.165) is 44.3 Å². The molecule has 1 nitrogen and oxygen atoms in total. The van der Waals surface area contributed by atoms with Gasteiger partial charge in [0.1, 0.15) is 0 Å². The van der Waals surface area contributed by atoms with Gasteiger partial charge >= 0.3 is 0 Å². The molecule has 0 bridgehead atoms. The van der Waals surface area contributed by atoms with Crippen LogP contribution in [0, 0.1) is 0 Å². The number of unbranched alkanes of at least 4 members (excludes halogenated alkanes) is 1. The molecule has 4 rings (SSSR count). The van der Waals surface area contributed by atoms with E-state index in [-0.39, 0.29) is 5.41 Å². The summed E-state index contributed by atoms with van der Waals surface area (Å²) in [5.41, 5.74) is 9.08. The lowest BCUT2D eigenvalue weighted by atomic mass is 9.70. The fourth-order valence-electron chi connectivity index (χ4n) is 5.66. The highest BCUT2D eigenvalue weighted by Crippen LogP contribution is 2.52. The van der Waals surface area contributed by atoms with Gasteiger partial charge in [-0.25, -0.2) is 0 Å². The minimum atomic E-state index is -0.242. The van der Waals surface area contributed by atoms with Gasteiger partial charge in [-0.05, 0) is 78.8 Å². The van der Waals surface area contributed by atoms with Crippen molar-refractivity contribution in [2.75, 3.05) is 6.54 Å². The summed E-state index contributed by atoms with van der Waals surface area (Å²) < 4.78 is 0. The van der Waals surface area contributed by atoms with Gasteiger partial charge in [-0.3, -0.25) is 0 Å². The first kappa shape index (κ1) is 25.5. The second-order valence-corrected chi connectivity index (χ2v) is 9.77. The summed E-state index contributed by atoms with van der Waals surface area (Å²) in [6.45, 7) is 11.8. The first-order valence-electron chi connectivity index (χ1n) is 13.3. The molecule has 0 spiro atoms. The summed E-state index contributed by atoms with van der Waals surface area (Å²) in [5.74, 6) is 0. The third-order valence-electron chi connectivity index (χ3n) is 7.50. The Kier molecular flexibility index (Phi) is 8.79. The van der Waals surface area contributed by atoms with Crippen molar-refractivity contribution in [3.05, 3.63) is 150 Å². The van der Waals surface area contributed by atoms with Crippen molar-refractivity contribution in [2.45, 2.75) is 50.9 Å². The molecule has 1 N–H and O–H groups in total. The van der Waals surface area contributed by atoms with Crippen LogP contribution in [0.5, 0.6) is 0 Å². The van der Waals surface area contributed by atoms with E-state index >= 15 is 0 Å². The number of aryl methyl sites for hydroxylation is 2. The highest BCUT2D eigenvalue weighted by molar-refractivity contribution is 5.83. The SMILES string of the molecule is C=C/C=C\C1=C(C)c2ccccc2C1(CCCc1ccccc1)C(=C)NCCCCc1ccccc1. The molecule has 1 atom stereocenters. The first-order chi connectivity index (χ1) is 17.7. The van der Waals surface area contributed by atoms with E-state index in [9.17, 15) is 0 Å². The van der Waals surface area contributed by atoms with Gasteiger partial charge < -0.3 is 5.32 Å². The average molecular weight is 474 g/mol. The van der Waals surface area contributed by atoms with Crippen LogP contribution in [0.1, 0.15) is 54.9 Å². The monoisotopic (exact) mass is 473 g/mol. The van der Waals surface area contributed by atoms with Gasteiger partial charge in [0.15, 0.2) is 0 Å². The Hall–Kier alpha value is -3.58. The Bertz CT molecular complexity index is 1220. The van der Waals surface area contributed by atoms with E-state index in [1.807, 2.05) is 6.08 Å². The average Bonchev–Trinajstić information content (AvgIpc) is 3.16. The molecule has 0 heterocycles. The molecule has 36 heavy (non-hydrogen) atoms. The van der Waals surface area contributed by atoms with Crippen LogP contribution in [0.3, 0.4) is 0 Å². The maximum absolute atomic E-state index is 4.68. The van der Waals surface area contributed by atoms with Gasteiger partial charge in [-0.1, -0.05) is 116 Å². The number of hydrogen-bond donors (Lipinski definition) is 1. The van der Waals surface area contributed by atoms with Crippen molar-refractivity contribution in [1.29, 1.82) is 0 Å². The number of fused-ring (bicyclic) bond motifs is 1. The molecule has 0 saturated heterocycles. The Balaban J connectivity index is 1.54. The predicted octanol–water partition coefficient (Wildman–Crippen LogP) is 8.60. The number of nitrogens with one attached hydrogen (secondary N) is 1. The number of hydrogen-bond acceptors (Lipinski definition) is 1. The van der Waals surface area contributed by atoms with Crippen molar-refractivity contribution in [3.63, 3.8) is 0 Å². The normalized spacial score (nSPS) is 16.8. The van der Waals surface area contributed by atoms with E-state index < -0.39 is 0 Å². The van der Waals surface area contributed by atoms with Gasteiger partial charge in [0, 0.05) is 12.2 Å². The van der Waals surface area contributed by atoms with Crippen molar-refractivity contribution in [1.82, 2.24) is 5.32 Å². The van der Waals surface area contributed by atoms with Crippen molar-refractivity contribution >= 4 is 5.57 Å². The van der Waals surface area contributed by atoms with Crippen LogP contribution in [0.25, 0.3) is 5.57 Å². The van der Waals surface area contributed by atoms with Crippen molar-refractivity contribution in [3.8, 4) is 0 Å². The lowest BCUT2D eigenvalue weighted by Gasteiger charge is -2.36. The van der Waals surface area contributed by atoms with Crippen molar-refractivity contribution < 1.29 is 0 Å². The first-order valence-corrected chi connectivity index (χ1v) is 13.3. The van der Waals surface area contributed by atoms with Gasteiger partial charge in [0.05, 0.1) is 5.41 Å². The van der Waals surface area contributed by atoms with E-state index in [4.69, 9.17) is 0 Å². The van der Waals surface area contributed by atoms with Gasteiger partial charge in [-0.15, -0.1) is 0 Å². The molecule has 0 fully saturated rings. The maximum atomic E-state index is 4.68. The standard InChI is InChI=1S/C35H39N/c1-4-5-24-33-28(2)32-23-12-13-25-34(32)35(33,26-16-22-31-19-10-7-11-20-31)29(3)36-27-15-14-21-30-17-8-6-9-18-30/h4-13,17-20,23-25,36H,1,3,14-16,21-22,26-27H2,2H3/b24-5-. The molecule has 0 saturated carbocycles. The second kappa shape index (κ2) is 12.4. The molecule has 0 aromatic heterocycles. The quantitative estimate of drug-likeness (QED) is 0.193. The molecule has 0 amide bonds. The number of benzene rings is 3. The van der Waals surface area contributed by atoms with Gasteiger partial charge in [0.25, 0.3) is 0 Å². The summed E-state index contributed by atoms with van der Waals surface area (Å²) in [5, 5.41) is 3.78. The Morgan fingerprint density at radius 1 is 0.806 bits per heavy atom. The molecule has 3 aromatic rings. The third kappa shape index (κ3) is 5.62. The second-order valence-electron chi connectivity index (χ2n) is 9.77. The van der Waals surface area contributed by atoms with E-state index in [2.05, 4.69) is 122 Å². The molecular weight excluding hydrogens is 434 g/mol. The summed E-state index contributed by atoms with van der Waals surface area (Å²) in [6, 6.07) is 30.5. The fraction of sp³-hybridized carbons (Fsp3) is 0.257. The molecule has 184 valence electrons. The molecule has 1 unspecified atom stereocenters. The fourth-order valence-corrected chi connectivity index (χ4v) is 5.66. The predicted molar refractivity (Wildman–Crippen MR) is 156 cm³/mol. The zero-order chi connectivity index (χ0) is 25.2. The van der Waals surface area contributed by atoms with E-state index in [0.29, 0.717) is 0 Å². The van der Waals surface area contributed by atoms with E-state index in [1.165, 1.54) is 39.8 Å². The van der Waals surface area contributed by atoms with Crippen LogP contribution in [0.2, 0.25) is 0 Å². The third-order valence-corrected chi connectivity index (χ3v) is 7.50. The highest BCUT2D eigenvalue weighted by atomic mass is 14.9. The Labute approximate surface area is 218 Å². The van der Waals surface area contributed by atoms with Crippen LogP contribution in [-0.2, 0) is 18.3 Å². The van der Waals surface area contributed by atoms with Gasteiger partial charge in [0.2, 0.25) is 0 Å². The highest BCUT2D eigenvalue weighted by Gasteiger charge is 2.44. The van der Waals surface area contributed by atoms with Crippen LogP contribution >= 0.6 is 0 Å². The van der Waals surface area contributed by atoms with Crippen LogP contribution in [0.4, 0.5) is 0 Å². The molecule has 1 aliphatic rings. The summed E-state index contributed by atoms with van der Waals surface area (Å²) in [4.78, 5) is 0. The molecule has 0 aliphatic heterocycles. The molecule has 1 heteroatoms. The van der Waals surface area contributed by atoms with Crippen LogP contribution in [-0.4, -0.2) is 6.54 Å². The van der Waals surface area contributed by atoms with Gasteiger partial charge in [-0.2, -0.15) is 0 Å².